The quantitative estimate of drug-likeness (QED) is 0.0433. The monoisotopic (exact) mass is 862 g/mol. The topological polar surface area (TPSA) is 125 Å². The number of fused-ring (bicyclic) bond motifs is 1. The summed E-state index contributed by atoms with van der Waals surface area (Å²) in [6.45, 7) is 16.7. The zero-order chi connectivity index (χ0) is 37.5. The third-order valence-electron chi connectivity index (χ3n) is 9.53. The second-order valence-corrected chi connectivity index (χ2v) is 28.4. The molecule has 12 nitrogen and oxygen atoms in total. The van der Waals surface area contributed by atoms with E-state index in [1.165, 1.54) is 0 Å². The van der Waals surface area contributed by atoms with E-state index in [2.05, 4.69) is 71.9 Å². The van der Waals surface area contributed by atoms with Gasteiger partial charge in [0.1, 0.15) is 13.5 Å². The lowest BCUT2D eigenvalue weighted by atomic mass is 9.77. The second kappa shape index (κ2) is 17.6. The second-order valence-electron chi connectivity index (χ2n) is 16.1. The normalized spacial score (nSPS) is 18.3. The molecular weight excluding hydrogens is 808 g/mol. The Hall–Kier alpha value is -2.68. The minimum absolute atomic E-state index is 0.0198. The molecule has 3 heterocycles. The maximum absolute atomic E-state index is 12.5. The van der Waals surface area contributed by atoms with Gasteiger partial charge in [-0.05, 0) is 72.5 Å². The number of hydrogen-bond donors (Lipinski definition) is 1. The largest absolute Gasteiger partial charge is 0.479 e. The maximum Gasteiger partial charge on any atom is 0.335 e. The van der Waals surface area contributed by atoms with Crippen molar-refractivity contribution in [3.8, 4) is 16.8 Å². The molecule has 1 aliphatic carbocycles. The number of aliphatic carboxylic acids is 1. The molecule has 0 amide bonds. The molecule has 15 heteroatoms. The Labute approximate surface area is 323 Å². The first-order valence-electron chi connectivity index (χ1n) is 18.2. The Bertz CT molecular complexity index is 1740. The Morgan fingerprint density at radius 2 is 1.58 bits per heavy atom. The number of rotatable bonds is 19. The molecule has 0 spiro atoms. The van der Waals surface area contributed by atoms with Crippen molar-refractivity contribution in [1.82, 2.24) is 24.4 Å². The van der Waals surface area contributed by atoms with Crippen LogP contribution in [0.3, 0.4) is 0 Å². The van der Waals surface area contributed by atoms with Crippen molar-refractivity contribution in [1.29, 1.82) is 0 Å². The first-order valence-corrected chi connectivity index (χ1v) is 26.6. The first kappa shape index (κ1) is 40.5. The van der Waals surface area contributed by atoms with Crippen molar-refractivity contribution >= 4 is 56.2 Å². The van der Waals surface area contributed by atoms with Crippen molar-refractivity contribution < 1.29 is 28.8 Å². The average molecular weight is 863 g/mol. The van der Waals surface area contributed by atoms with Gasteiger partial charge in [-0.15, -0.1) is 0 Å². The number of nitrogens with zero attached hydrogens (tertiary/aromatic N) is 6. The number of aromatic nitrogens is 5. The van der Waals surface area contributed by atoms with Gasteiger partial charge in [-0.1, -0.05) is 57.5 Å². The van der Waals surface area contributed by atoms with Gasteiger partial charge >= 0.3 is 5.97 Å². The highest BCUT2D eigenvalue weighted by molar-refractivity contribution is 14.1. The Kier molecular flexibility index (Phi) is 13.7. The number of halogens is 1. The number of para-hydroxylation sites is 1. The van der Waals surface area contributed by atoms with Crippen molar-refractivity contribution in [2.24, 2.45) is 0 Å². The molecule has 0 bridgehead atoms. The summed E-state index contributed by atoms with van der Waals surface area (Å²) in [6, 6.07) is 12.1. The van der Waals surface area contributed by atoms with Crippen LogP contribution in [-0.2, 0) is 23.7 Å². The fourth-order valence-corrected chi connectivity index (χ4v) is 8.91. The highest BCUT2D eigenvalue weighted by atomic mass is 127. The van der Waals surface area contributed by atoms with Crippen LogP contribution >= 0.6 is 22.6 Å². The predicted octanol–water partition coefficient (Wildman–Crippen LogP) is 7.76. The fourth-order valence-electron chi connectivity index (χ4n) is 6.27. The Balaban J connectivity index is 1.55. The van der Waals surface area contributed by atoms with Crippen LogP contribution in [0.15, 0.2) is 48.9 Å². The number of benzene rings is 1. The number of hydrogen-bond acceptors (Lipinski definition) is 9. The lowest BCUT2D eigenvalue weighted by Crippen LogP contribution is -2.45. The molecule has 0 aliphatic heterocycles. The molecule has 0 saturated heterocycles. The van der Waals surface area contributed by atoms with Gasteiger partial charge in [0, 0.05) is 59.7 Å². The van der Waals surface area contributed by atoms with E-state index in [-0.39, 0.29) is 12.5 Å². The summed E-state index contributed by atoms with van der Waals surface area (Å²) < 4.78 is 28.6. The molecule has 4 aromatic rings. The molecule has 1 N–H and O–H groups in total. The maximum atomic E-state index is 12.5. The van der Waals surface area contributed by atoms with Gasteiger partial charge in [0.15, 0.2) is 17.1 Å². The van der Waals surface area contributed by atoms with E-state index in [1.807, 2.05) is 58.1 Å². The van der Waals surface area contributed by atoms with Crippen molar-refractivity contribution in [2.75, 3.05) is 51.9 Å². The number of carboxylic acid groups (broad SMARTS) is 1. The van der Waals surface area contributed by atoms with Crippen LogP contribution in [0.5, 0.6) is 0 Å². The molecule has 284 valence electrons. The third-order valence-corrected chi connectivity index (χ3v) is 14.0. The number of methoxy groups -OCH3 is 1. The van der Waals surface area contributed by atoms with Crippen molar-refractivity contribution in [3.05, 3.63) is 58.2 Å². The lowest BCUT2D eigenvalue weighted by Gasteiger charge is -2.37. The minimum atomic E-state index is -1.30. The van der Waals surface area contributed by atoms with E-state index in [1.54, 1.807) is 7.11 Å². The predicted molar refractivity (Wildman–Crippen MR) is 218 cm³/mol. The summed E-state index contributed by atoms with van der Waals surface area (Å²) in [7, 11) is -1.01. The summed E-state index contributed by atoms with van der Waals surface area (Å²) >= 11 is 2.40. The van der Waals surface area contributed by atoms with E-state index in [9.17, 15) is 9.90 Å². The summed E-state index contributed by atoms with van der Waals surface area (Å²) in [6.07, 6.45) is 7.70. The van der Waals surface area contributed by atoms with Gasteiger partial charge in [-0.25, -0.2) is 14.5 Å². The smallest absolute Gasteiger partial charge is 0.335 e. The third kappa shape index (κ3) is 10.3. The molecule has 0 unspecified atom stereocenters. The summed E-state index contributed by atoms with van der Waals surface area (Å²) in [4.78, 5) is 20.0. The molecule has 1 saturated carbocycles. The van der Waals surface area contributed by atoms with Gasteiger partial charge in [-0.2, -0.15) is 14.7 Å². The number of carbonyl (C=O) groups is 1. The average Bonchev–Trinajstić information content (AvgIpc) is 3.75. The van der Waals surface area contributed by atoms with Crippen LogP contribution in [0.4, 0.5) is 5.82 Å². The molecule has 1 aliphatic rings. The van der Waals surface area contributed by atoms with E-state index >= 15 is 0 Å². The van der Waals surface area contributed by atoms with E-state index in [0.717, 1.165) is 44.0 Å². The van der Waals surface area contributed by atoms with Crippen molar-refractivity contribution in [2.45, 2.75) is 88.6 Å². The fraction of sp³-hybridized carbons (Fsp3) is 0.568. The molecule has 5 rings (SSSR count). The SMILES string of the molecule is COCCOC1(C(=O)O)CCC(c2nc3c(-c4cnn(-c5ccccc5)c4)cnn3c(N(COCC[Si](C)(C)C)COCC[Si](C)(C)C)c2I)CC1. The number of ether oxygens (including phenoxy) is 4. The van der Waals surface area contributed by atoms with Crippen LogP contribution in [-0.4, -0.2) is 104 Å². The van der Waals surface area contributed by atoms with Crippen LogP contribution in [0.25, 0.3) is 22.5 Å². The van der Waals surface area contributed by atoms with Crippen LogP contribution in [0.2, 0.25) is 51.4 Å². The molecule has 52 heavy (non-hydrogen) atoms. The standard InChI is InChI=1S/C37H55IN6O6Si2/c1-47-17-18-50-37(36(45)46)15-13-28(14-16-37)33-32(38)35(42(26-48-19-21-51(2,3)4)27-49-20-22-52(5,6)7)44-34(41-33)31(24-40-44)29-23-39-43(25-29)30-11-9-8-10-12-30/h8-12,23-25,28H,13-22,26-27H2,1-7H3,(H,45,46). The van der Waals surface area contributed by atoms with Gasteiger partial charge in [0.25, 0.3) is 0 Å². The molecule has 1 fully saturated rings. The highest BCUT2D eigenvalue weighted by Crippen LogP contribution is 2.43. The van der Waals surface area contributed by atoms with Crippen LogP contribution in [0.1, 0.15) is 37.3 Å². The number of anilines is 1. The minimum Gasteiger partial charge on any atom is -0.479 e. The van der Waals surface area contributed by atoms with E-state index in [4.69, 9.17) is 29.0 Å². The van der Waals surface area contributed by atoms with Gasteiger partial charge in [0.2, 0.25) is 0 Å². The Morgan fingerprint density at radius 3 is 2.15 bits per heavy atom. The first-order chi connectivity index (χ1) is 24.7. The molecular formula is C37H55IN6O6Si2. The Morgan fingerprint density at radius 1 is 0.942 bits per heavy atom. The van der Waals surface area contributed by atoms with Crippen LogP contribution < -0.4 is 4.90 Å². The number of carboxylic acids is 1. The van der Waals surface area contributed by atoms with E-state index in [0.29, 0.717) is 64.6 Å². The summed E-state index contributed by atoms with van der Waals surface area (Å²) in [5.74, 6) is -0.0485. The summed E-state index contributed by atoms with van der Waals surface area (Å²) in [5.41, 5.74) is 3.11. The van der Waals surface area contributed by atoms with Gasteiger partial charge in [0.05, 0.1) is 40.6 Å². The molecule has 0 atom stereocenters. The summed E-state index contributed by atoms with van der Waals surface area (Å²) in [5, 5.41) is 19.8. The molecule has 3 aromatic heterocycles. The molecule has 0 radical (unpaired) electrons. The van der Waals surface area contributed by atoms with Gasteiger partial charge in [-0.3, -0.25) is 0 Å². The van der Waals surface area contributed by atoms with Gasteiger partial charge < -0.3 is 29.0 Å². The zero-order valence-corrected chi connectivity index (χ0v) is 35.9. The lowest BCUT2D eigenvalue weighted by molar-refractivity contribution is -0.173. The highest BCUT2D eigenvalue weighted by Gasteiger charge is 2.44. The van der Waals surface area contributed by atoms with E-state index < -0.39 is 27.7 Å². The van der Waals surface area contributed by atoms with Crippen LogP contribution in [0, 0.1) is 3.57 Å². The van der Waals surface area contributed by atoms with Crippen molar-refractivity contribution in [3.63, 3.8) is 0 Å². The molecule has 1 aromatic carbocycles. The zero-order valence-electron chi connectivity index (χ0n) is 31.7.